The second-order valence-electron chi connectivity index (χ2n) is 1.05. The minimum atomic E-state index is 0. The number of nitrogens with zero attached hydrogens (tertiary/aromatic N) is 4. The third-order valence-corrected chi connectivity index (χ3v) is 0.479. The van der Waals surface area contributed by atoms with E-state index in [1.807, 2.05) is 0 Å². The summed E-state index contributed by atoms with van der Waals surface area (Å²) in [5.74, 6) is 0.568. The smallest absolute Gasteiger partial charge is 0.163 e. The van der Waals surface area contributed by atoms with E-state index in [0.29, 0.717) is 5.82 Å². The summed E-state index contributed by atoms with van der Waals surface area (Å²) in [7, 11) is 0. The molecule has 4 nitrogen and oxygen atoms in total. The molecule has 0 aliphatic carbocycles. The van der Waals surface area contributed by atoms with Crippen molar-refractivity contribution in [2.24, 2.45) is 0 Å². The van der Waals surface area contributed by atoms with Crippen molar-refractivity contribution in [1.29, 1.82) is 0 Å². The van der Waals surface area contributed by atoms with Crippen LogP contribution in [-0.2, 0) is 0 Å². The predicted molar refractivity (Wildman–Crippen MR) is 21.2 cm³/mol. The van der Waals surface area contributed by atoms with E-state index in [4.69, 9.17) is 0 Å². The van der Waals surface area contributed by atoms with Crippen molar-refractivity contribution in [1.82, 2.24) is 20.4 Å². The molecule has 8 heavy (non-hydrogen) atoms. The monoisotopic (exact) mass is 362 g/mol. The van der Waals surface area contributed by atoms with E-state index in [9.17, 15) is 0 Å². The molecule has 0 N–H and O–H groups in total. The number of aromatic nitrogens is 4. The number of hydrogen-bond donors (Lipinski definition) is 0. The van der Waals surface area contributed by atoms with Gasteiger partial charge in [0.1, 0.15) is 0 Å². The predicted octanol–water partition coefficient (Wildman–Crippen LogP) is -0.625. The third-order valence-electron chi connectivity index (χ3n) is 0.479. The van der Waals surface area contributed by atoms with Crippen LogP contribution in [0.3, 0.4) is 0 Å². The van der Waals surface area contributed by atoms with Crippen molar-refractivity contribution in [3.8, 4) is 0 Å². The largest absolute Gasteiger partial charge is 0.349 e. The van der Waals surface area contributed by atoms with Gasteiger partial charge in [-0.1, -0.05) is 0 Å². The average Bonchev–Trinajstić information content (AvgIpc) is 1.69. The first-order valence-corrected chi connectivity index (χ1v) is 1.79. The van der Waals surface area contributed by atoms with Gasteiger partial charge in [0.15, 0.2) is 5.82 Å². The maximum atomic E-state index is 3.50. The molecule has 1 heterocycles. The second kappa shape index (κ2) is 2.17. The van der Waals surface area contributed by atoms with Gasteiger partial charge in [-0.15, -0.1) is 0 Å². The molecule has 0 fully saturated rings. The van der Waals surface area contributed by atoms with Crippen molar-refractivity contribution < 1.29 is 0 Å². The van der Waals surface area contributed by atoms with Gasteiger partial charge in [0.05, 0.1) is 0 Å². The van der Waals surface area contributed by atoms with Crippen LogP contribution in [0.2, 0.25) is 0 Å². The summed E-state index contributed by atoms with van der Waals surface area (Å²) in [4.78, 5) is 0. The number of aryl methyl sites for hydroxylation is 1. The molecule has 0 aromatic carbocycles. The Labute approximate surface area is 40.6 Å². The van der Waals surface area contributed by atoms with E-state index < -0.39 is 0 Å². The Hall–Kier alpha value is -2.06. The first-order valence-electron chi connectivity index (χ1n) is 1.79. The summed E-state index contributed by atoms with van der Waals surface area (Å²) in [5.41, 5.74) is 0. The van der Waals surface area contributed by atoms with E-state index in [-0.39, 0.29) is 0 Å². The van der Waals surface area contributed by atoms with Crippen molar-refractivity contribution in [3.63, 3.8) is 0 Å². The molecule has 0 bridgehead atoms. The van der Waals surface area contributed by atoms with E-state index >= 15 is 0 Å². The second-order valence-corrected chi connectivity index (χ2v) is 1.05. The fraction of sp³-hybridized carbons (Fsp3) is 0.333. The van der Waals surface area contributed by atoms with Crippen LogP contribution in [-0.4, -0.2) is 20.4 Å². The van der Waals surface area contributed by atoms with Crippen molar-refractivity contribution in [3.05, 3.63) is 12.2 Å². The Morgan fingerprint density at radius 3 is 2.00 bits per heavy atom. The van der Waals surface area contributed by atoms with Gasteiger partial charge < -0.3 is 10.2 Å². The molecule has 0 aliphatic rings. The summed E-state index contributed by atoms with van der Waals surface area (Å²) >= 11 is 0. The van der Waals surface area contributed by atoms with E-state index in [0.717, 1.165) is 0 Å². The first-order chi connectivity index (χ1) is 3.39. The fourth-order valence-electron chi connectivity index (χ4n) is 0.229. The minimum Gasteiger partial charge on any atom is -0.349 e. The zero-order chi connectivity index (χ0) is 5.11. The van der Waals surface area contributed by atoms with Crippen LogP contribution in [0.1, 0.15) is 5.82 Å². The molecule has 1 aromatic rings. The molecular weight excluding hydrogens is 359 g/mol. The minimum absolute atomic E-state index is 0. The zero-order valence-corrected chi connectivity index (χ0v) is 10.9. The van der Waals surface area contributed by atoms with Crippen molar-refractivity contribution >= 4 is 0 Å². The summed E-state index contributed by atoms with van der Waals surface area (Å²) < 4.78 is 0. The Balaban J connectivity index is 0.000000490. The van der Waals surface area contributed by atoms with Crippen LogP contribution in [0.25, 0.3) is 0 Å². The molecule has 0 spiro atoms. The van der Waals surface area contributed by atoms with E-state index in [1.165, 1.54) is 0 Å². The Bertz CT molecular complexity index is 141. The molecular formula is C3H3N4Rf-. The van der Waals surface area contributed by atoms with Crippen molar-refractivity contribution in [2.75, 3.05) is 0 Å². The van der Waals surface area contributed by atoms with Crippen LogP contribution in [0.15, 0.2) is 0 Å². The van der Waals surface area contributed by atoms with Crippen LogP contribution >= 0.6 is 0 Å². The van der Waals surface area contributed by atoms with Crippen LogP contribution in [0, 0.1) is 13.3 Å². The quantitative estimate of drug-likeness (QED) is 0.578. The van der Waals surface area contributed by atoms with Gasteiger partial charge in [-0.3, -0.25) is 0 Å². The van der Waals surface area contributed by atoms with Gasteiger partial charge in [0.25, 0.3) is 0 Å². The van der Waals surface area contributed by atoms with Crippen LogP contribution in [0.5, 0.6) is 0 Å². The van der Waals surface area contributed by atoms with Gasteiger partial charge in [-0.05, 0) is 6.92 Å². The number of rotatable bonds is 0. The molecule has 0 saturated heterocycles. The summed E-state index contributed by atoms with van der Waals surface area (Å²) in [6, 6.07) is 0. The molecule has 0 atom stereocenters. The Morgan fingerprint density at radius 2 is 1.75 bits per heavy atom. The normalized spacial score (nSPS) is 7.62. The molecule has 0 amide bonds. The third kappa shape index (κ3) is 0.965. The molecule has 0 saturated carbocycles. The van der Waals surface area contributed by atoms with Gasteiger partial charge in [0, 0.05) is 0 Å². The molecule has 1 aromatic heterocycles. The van der Waals surface area contributed by atoms with Crippen molar-refractivity contribution in [2.45, 2.75) is 6.92 Å². The van der Waals surface area contributed by atoms with E-state index in [2.05, 4.69) is 26.7 Å². The molecule has 0 radical (unpaired) electrons. The zero-order valence-electron chi connectivity index (χ0n) is 4.50. The average molecular weight is 362 g/mol. The number of hydrogen-bond acceptors (Lipinski definition) is 4. The first kappa shape index (κ1) is 5.94. The van der Waals surface area contributed by atoms with Gasteiger partial charge in [0.2, 0.25) is 0 Å². The van der Waals surface area contributed by atoms with Gasteiger partial charge in [-0.2, -0.15) is 10.2 Å². The maximum absolute atomic E-state index is 3.50. The topological polar surface area (TPSA) is 51.6 Å². The summed E-state index contributed by atoms with van der Waals surface area (Å²) in [6.45, 7) is 1.72. The van der Waals surface area contributed by atoms with Gasteiger partial charge >= 0.3 is 0 Å². The Morgan fingerprint density at radius 1 is 1.25 bits per heavy atom. The SMILES string of the molecule is Cc1nn[c-]nn1.[Rf]. The van der Waals surface area contributed by atoms with E-state index in [1.54, 1.807) is 6.92 Å². The molecule has 5 heteroatoms. The summed E-state index contributed by atoms with van der Waals surface area (Å²) in [5, 5.41) is 13.7. The molecule has 0 aliphatic heterocycles. The van der Waals surface area contributed by atoms with Crippen LogP contribution < -0.4 is 0 Å². The maximum Gasteiger partial charge on any atom is 0.163 e. The van der Waals surface area contributed by atoms with Crippen LogP contribution in [0.4, 0.5) is 0 Å². The standard InChI is InChI=1S/C3H3N4.Rf/c1-3-6-4-2-5-7-3;/h1H3;/q-1;. The Kier molecular flexibility index (Phi) is 1.61. The molecule has 1 rings (SSSR count). The summed E-state index contributed by atoms with van der Waals surface area (Å²) in [6.07, 6.45) is 2.21. The molecule has 38 valence electrons. The van der Waals surface area contributed by atoms with Gasteiger partial charge in [-0.25, -0.2) is 6.33 Å². The fourth-order valence-corrected chi connectivity index (χ4v) is 0.229. The molecule has 0 unspecified atom stereocenters.